The molecule has 0 saturated heterocycles. The van der Waals surface area contributed by atoms with Crippen LogP contribution >= 0.6 is 15.9 Å². The second kappa shape index (κ2) is 5.16. The number of hydrogen-bond acceptors (Lipinski definition) is 4. The molecule has 96 valence electrons. The molecule has 0 aliphatic rings. The molecule has 2 rings (SSSR count). The monoisotopic (exact) mass is 313 g/mol. The molecule has 2 aromatic rings. The lowest BCUT2D eigenvalue weighted by molar-refractivity contribution is 0.325. The molecule has 0 spiro atoms. The van der Waals surface area contributed by atoms with E-state index in [0.717, 1.165) is 0 Å². The molecule has 0 unspecified atom stereocenters. The van der Waals surface area contributed by atoms with E-state index in [9.17, 15) is 4.39 Å². The molecule has 0 saturated carbocycles. The van der Waals surface area contributed by atoms with Gasteiger partial charge in [-0.2, -0.15) is 4.98 Å². The van der Waals surface area contributed by atoms with Crippen molar-refractivity contribution in [2.45, 2.75) is 19.9 Å². The topological polar surface area (TPSA) is 64.9 Å². The average Bonchev–Trinajstić information content (AvgIpc) is 2.81. The van der Waals surface area contributed by atoms with E-state index >= 15 is 0 Å². The van der Waals surface area contributed by atoms with Gasteiger partial charge < -0.3 is 10.3 Å². The smallest absolute Gasteiger partial charge is 0.244 e. The summed E-state index contributed by atoms with van der Waals surface area (Å²) in [6, 6.07) is 4.24. The quantitative estimate of drug-likeness (QED) is 0.944. The minimum Gasteiger partial charge on any atom is -0.337 e. The zero-order valence-electron chi connectivity index (χ0n) is 10.0. The first-order chi connectivity index (χ1) is 8.49. The van der Waals surface area contributed by atoms with Crippen LogP contribution in [0.5, 0.6) is 0 Å². The van der Waals surface area contributed by atoms with Gasteiger partial charge in [0.1, 0.15) is 5.82 Å². The van der Waals surface area contributed by atoms with Crippen LogP contribution in [0.25, 0.3) is 11.4 Å². The molecule has 1 aromatic carbocycles. The molecule has 2 N–H and O–H groups in total. The highest BCUT2D eigenvalue weighted by Gasteiger charge is 2.18. The van der Waals surface area contributed by atoms with Crippen molar-refractivity contribution in [1.82, 2.24) is 10.1 Å². The molecule has 1 heterocycles. The molecular weight excluding hydrogens is 301 g/mol. The zero-order chi connectivity index (χ0) is 13.3. The first kappa shape index (κ1) is 13.2. The van der Waals surface area contributed by atoms with E-state index in [1.54, 1.807) is 12.1 Å². The normalized spacial score (nSPS) is 13.0. The minimum absolute atomic E-state index is 0.207. The van der Waals surface area contributed by atoms with Gasteiger partial charge in [0, 0.05) is 5.56 Å². The maximum absolute atomic E-state index is 13.1. The third-order valence-electron chi connectivity index (χ3n) is 2.62. The molecule has 4 nitrogen and oxygen atoms in total. The summed E-state index contributed by atoms with van der Waals surface area (Å²) in [6.07, 6.45) is 0. The van der Waals surface area contributed by atoms with Crippen molar-refractivity contribution in [3.05, 3.63) is 34.4 Å². The van der Waals surface area contributed by atoms with Crippen molar-refractivity contribution in [2.24, 2.45) is 11.7 Å². The number of halogens is 2. The van der Waals surface area contributed by atoms with Crippen molar-refractivity contribution in [1.29, 1.82) is 0 Å². The Balaban J connectivity index is 2.32. The Bertz CT molecular complexity index is 556. The van der Waals surface area contributed by atoms with Gasteiger partial charge >= 0.3 is 0 Å². The summed E-state index contributed by atoms with van der Waals surface area (Å²) in [5.74, 6) is 0.668. The lowest BCUT2D eigenvalue weighted by Gasteiger charge is -2.09. The van der Waals surface area contributed by atoms with Crippen LogP contribution in [-0.2, 0) is 0 Å². The van der Waals surface area contributed by atoms with Gasteiger partial charge in [0.15, 0.2) is 0 Å². The van der Waals surface area contributed by atoms with E-state index in [2.05, 4.69) is 26.1 Å². The van der Waals surface area contributed by atoms with E-state index in [1.165, 1.54) is 6.07 Å². The highest BCUT2D eigenvalue weighted by molar-refractivity contribution is 9.10. The summed E-state index contributed by atoms with van der Waals surface area (Å²) in [7, 11) is 0. The van der Waals surface area contributed by atoms with Crippen molar-refractivity contribution in [3.63, 3.8) is 0 Å². The van der Waals surface area contributed by atoms with Crippen molar-refractivity contribution in [2.75, 3.05) is 0 Å². The van der Waals surface area contributed by atoms with Crippen LogP contribution in [0.2, 0.25) is 0 Å². The molecule has 0 radical (unpaired) electrons. The van der Waals surface area contributed by atoms with Crippen LogP contribution in [-0.4, -0.2) is 10.1 Å². The Labute approximate surface area is 113 Å². The van der Waals surface area contributed by atoms with E-state index in [-0.39, 0.29) is 17.8 Å². The van der Waals surface area contributed by atoms with Gasteiger partial charge in [0.25, 0.3) is 0 Å². The summed E-state index contributed by atoms with van der Waals surface area (Å²) in [4.78, 5) is 4.23. The predicted octanol–water partition coefficient (Wildman–Crippen LogP) is 3.29. The van der Waals surface area contributed by atoms with Crippen molar-refractivity contribution >= 4 is 15.9 Å². The number of nitrogens with zero attached hydrogens (tertiary/aromatic N) is 2. The van der Waals surface area contributed by atoms with Crippen LogP contribution in [0, 0.1) is 11.7 Å². The van der Waals surface area contributed by atoms with Gasteiger partial charge in [-0.3, -0.25) is 0 Å². The van der Waals surface area contributed by atoms with Crippen LogP contribution in [0.1, 0.15) is 25.8 Å². The summed E-state index contributed by atoms with van der Waals surface area (Å²) < 4.78 is 18.6. The number of rotatable bonds is 3. The van der Waals surface area contributed by atoms with Crippen molar-refractivity contribution < 1.29 is 8.91 Å². The summed E-state index contributed by atoms with van der Waals surface area (Å²) in [5, 5.41) is 3.85. The highest BCUT2D eigenvalue weighted by Crippen LogP contribution is 2.25. The highest BCUT2D eigenvalue weighted by atomic mass is 79.9. The Morgan fingerprint density at radius 1 is 1.39 bits per heavy atom. The Morgan fingerprint density at radius 2 is 2.11 bits per heavy atom. The van der Waals surface area contributed by atoms with Gasteiger partial charge in [-0.25, -0.2) is 4.39 Å². The average molecular weight is 314 g/mol. The molecule has 1 aromatic heterocycles. The Hall–Kier alpha value is -1.27. The fourth-order valence-corrected chi connectivity index (χ4v) is 1.79. The van der Waals surface area contributed by atoms with Gasteiger partial charge in [-0.15, -0.1) is 0 Å². The second-order valence-electron chi connectivity index (χ2n) is 4.35. The standard InChI is InChI=1S/C12H13BrFN3O/c1-6(2)10(15)12-16-11(17-18-12)7-3-4-9(14)8(13)5-7/h3-6,10H,15H2,1-2H3/t10-/m0/s1. The molecule has 0 aliphatic heterocycles. The third-order valence-corrected chi connectivity index (χ3v) is 3.23. The fraction of sp³-hybridized carbons (Fsp3) is 0.333. The van der Waals surface area contributed by atoms with Crippen molar-refractivity contribution in [3.8, 4) is 11.4 Å². The zero-order valence-corrected chi connectivity index (χ0v) is 11.6. The molecular formula is C12H13BrFN3O. The third kappa shape index (κ3) is 2.59. The molecule has 0 amide bonds. The predicted molar refractivity (Wildman–Crippen MR) is 69.2 cm³/mol. The van der Waals surface area contributed by atoms with Crippen LogP contribution < -0.4 is 5.73 Å². The first-order valence-corrected chi connectivity index (χ1v) is 6.33. The van der Waals surface area contributed by atoms with Gasteiger partial charge in [-0.1, -0.05) is 19.0 Å². The number of benzene rings is 1. The summed E-state index contributed by atoms with van der Waals surface area (Å²) >= 11 is 3.12. The SMILES string of the molecule is CC(C)[C@H](N)c1nc(-c2ccc(F)c(Br)c2)no1. The summed E-state index contributed by atoms with van der Waals surface area (Å²) in [5.41, 5.74) is 6.59. The van der Waals surface area contributed by atoms with E-state index in [0.29, 0.717) is 21.8 Å². The molecule has 6 heteroatoms. The van der Waals surface area contributed by atoms with E-state index in [1.807, 2.05) is 13.8 Å². The van der Waals surface area contributed by atoms with Gasteiger partial charge in [-0.05, 0) is 40.0 Å². The van der Waals surface area contributed by atoms with Crippen LogP contribution in [0.3, 0.4) is 0 Å². The maximum Gasteiger partial charge on any atom is 0.244 e. The molecule has 1 atom stereocenters. The number of hydrogen-bond donors (Lipinski definition) is 1. The summed E-state index contributed by atoms with van der Waals surface area (Å²) in [6.45, 7) is 3.95. The molecule has 0 fully saturated rings. The van der Waals surface area contributed by atoms with Gasteiger partial charge in [0.2, 0.25) is 11.7 Å². The minimum atomic E-state index is -0.332. The van der Waals surface area contributed by atoms with E-state index in [4.69, 9.17) is 10.3 Å². The molecule has 18 heavy (non-hydrogen) atoms. The largest absolute Gasteiger partial charge is 0.337 e. The number of aromatic nitrogens is 2. The first-order valence-electron chi connectivity index (χ1n) is 5.53. The maximum atomic E-state index is 13.1. The van der Waals surface area contributed by atoms with Gasteiger partial charge in [0.05, 0.1) is 10.5 Å². The molecule has 0 aliphatic carbocycles. The Kier molecular flexibility index (Phi) is 3.77. The lowest BCUT2D eigenvalue weighted by atomic mass is 10.1. The van der Waals surface area contributed by atoms with Crippen LogP contribution in [0.4, 0.5) is 4.39 Å². The lowest BCUT2D eigenvalue weighted by Crippen LogP contribution is -2.16. The second-order valence-corrected chi connectivity index (χ2v) is 5.21. The van der Waals surface area contributed by atoms with E-state index < -0.39 is 0 Å². The van der Waals surface area contributed by atoms with Crippen LogP contribution in [0.15, 0.2) is 27.2 Å². The molecule has 0 bridgehead atoms. The fourth-order valence-electron chi connectivity index (χ4n) is 1.41. The Morgan fingerprint density at radius 3 is 2.72 bits per heavy atom. The number of nitrogens with two attached hydrogens (primary N) is 1.